The van der Waals surface area contributed by atoms with E-state index in [1.807, 2.05) is 4.72 Å². The summed E-state index contributed by atoms with van der Waals surface area (Å²) in [5, 5.41) is -0.161. The molecule has 0 aromatic carbocycles. The molecule has 1 heterocycles. The molecule has 0 saturated carbocycles. The quantitative estimate of drug-likeness (QED) is 0.410. The minimum absolute atomic E-state index is 0.161. The zero-order valence-electron chi connectivity index (χ0n) is 6.85. The van der Waals surface area contributed by atoms with E-state index in [9.17, 15) is 13.2 Å². The van der Waals surface area contributed by atoms with Crippen molar-refractivity contribution in [3.63, 3.8) is 0 Å². The second kappa shape index (κ2) is 3.20. The van der Waals surface area contributed by atoms with Crippen molar-refractivity contribution < 1.29 is 13.2 Å². The molecular formula is C5H9N3O3S2. The topological polar surface area (TPSA) is 92.5 Å². The Kier molecular flexibility index (Phi) is 2.55. The van der Waals surface area contributed by atoms with Gasteiger partial charge >= 0.3 is 0 Å². The lowest BCUT2D eigenvalue weighted by atomic mass is 10.1. The van der Waals surface area contributed by atoms with Crippen LogP contribution in [0.1, 0.15) is 6.42 Å². The summed E-state index contributed by atoms with van der Waals surface area (Å²) in [6.45, 7) is 0. The number of hydrogen-bond acceptors (Lipinski definition) is 5. The highest BCUT2D eigenvalue weighted by molar-refractivity contribution is 7.91. The van der Waals surface area contributed by atoms with Crippen LogP contribution >= 0.6 is 12.2 Å². The lowest BCUT2D eigenvalue weighted by Gasteiger charge is -2.37. The fourth-order valence-corrected chi connectivity index (χ4v) is 2.02. The Morgan fingerprint density at radius 3 is 2.62 bits per heavy atom. The number of hydrogen-bond donors (Lipinski definition) is 2. The van der Waals surface area contributed by atoms with Crippen LogP contribution in [0.15, 0.2) is 0 Å². The number of amides is 1. The van der Waals surface area contributed by atoms with Crippen LogP contribution in [-0.2, 0) is 14.8 Å². The van der Waals surface area contributed by atoms with Crippen molar-refractivity contribution in [3.8, 4) is 0 Å². The molecule has 1 aliphatic rings. The van der Waals surface area contributed by atoms with Crippen LogP contribution in [0, 0.1) is 0 Å². The molecule has 13 heavy (non-hydrogen) atoms. The van der Waals surface area contributed by atoms with Crippen LogP contribution in [0.4, 0.5) is 0 Å². The van der Waals surface area contributed by atoms with Crippen LogP contribution in [0.25, 0.3) is 0 Å². The van der Waals surface area contributed by atoms with Gasteiger partial charge in [-0.25, -0.2) is 8.42 Å². The SMILES string of the molecule is CS(=O)(=O)NC(=S)N1C(=O)CC1N. The molecule has 6 nitrogen and oxygen atoms in total. The third-order valence-electron chi connectivity index (χ3n) is 1.48. The number of carbonyl (C=O) groups excluding carboxylic acids is 1. The summed E-state index contributed by atoms with van der Waals surface area (Å²) in [6.07, 6.45) is 0.648. The third kappa shape index (κ3) is 2.36. The lowest BCUT2D eigenvalue weighted by Crippen LogP contribution is -2.62. The predicted molar refractivity (Wildman–Crippen MR) is 50.0 cm³/mol. The van der Waals surface area contributed by atoms with E-state index in [1.165, 1.54) is 0 Å². The summed E-state index contributed by atoms with van der Waals surface area (Å²) in [4.78, 5) is 11.9. The molecule has 0 radical (unpaired) electrons. The number of carbonyl (C=O) groups is 1. The monoisotopic (exact) mass is 223 g/mol. The normalized spacial score (nSPS) is 22.5. The standard InChI is InChI=1S/C5H9N3O3S2/c1-13(10,11)7-5(12)8-3(6)2-4(8)9/h3H,2,6H2,1H3,(H,7,12). The molecule has 1 saturated heterocycles. The Labute approximate surface area is 81.1 Å². The summed E-state index contributed by atoms with van der Waals surface area (Å²) >= 11 is 4.66. The molecule has 0 bridgehead atoms. The first-order valence-corrected chi connectivity index (χ1v) is 5.70. The molecule has 1 fully saturated rings. The van der Waals surface area contributed by atoms with Crippen LogP contribution < -0.4 is 10.5 Å². The highest BCUT2D eigenvalue weighted by Crippen LogP contribution is 2.14. The number of thiocarbonyl (C=S) groups is 1. The van der Waals surface area contributed by atoms with Crippen LogP contribution in [0.2, 0.25) is 0 Å². The average molecular weight is 223 g/mol. The maximum atomic E-state index is 10.9. The van der Waals surface area contributed by atoms with Gasteiger partial charge in [-0.2, -0.15) is 0 Å². The van der Waals surface area contributed by atoms with Gasteiger partial charge in [0.25, 0.3) is 0 Å². The Morgan fingerprint density at radius 2 is 2.31 bits per heavy atom. The molecule has 1 unspecified atom stereocenters. The van der Waals surface area contributed by atoms with Crippen molar-refractivity contribution in [1.82, 2.24) is 9.62 Å². The van der Waals surface area contributed by atoms with E-state index in [1.54, 1.807) is 0 Å². The highest BCUT2D eigenvalue weighted by Gasteiger charge is 2.36. The summed E-state index contributed by atoms with van der Waals surface area (Å²) in [5.41, 5.74) is 5.42. The summed E-state index contributed by atoms with van der Waals surface area (Å²) in [7, 11) is -3.43. The fraction of sp³-hybridized carbons (Fsp3) is 0.600. The number of β-lactam (4-membered cyclic amide) rings is 1. The maximum absolute atomic E-state index is 10.9. The first-order chi connectivity index (χ1) is 5.81. The van der Waals surface area contributed by atoms with E-state index in [4.69, 9.17) is 5.73 Å². The Balaban J connectivity index is 2.64. The smallest absolute Gasteiger partial charge is 0.233 e. The van der Waals surface area contributed by atoms with E-state index in [-0.39, 0.29) is 17.4 Å². The molecule has 1 atom stereocenters. The first-order valence-electron chi connectivity index (χ1n) is 3.40. The van der Waals surface area contributed by atoms with Crippen LogP contribution in [-0.4, -0.2) is 36.8 Å². The van der Waals surface area contributed by atoms with E-state index >= 15 is 0 Å². The number of nitrogens with two attached hydrogens (primary N) is 1. The first kappa shape index (κ1) is 10.4. The summed E-state index contributed by atoms with van der Waals surface area (Å²) < 4.78 is 23.5. The van der Waals surface area contributed by atoms with Gasteiger partial charge in [-0.15, -0.1) is 0 Å². The molecule has 8 heteroatoms. The number of sulfonamides is 1. The summed E-state index contributed by atoms with van der Waals surface area (Å²) in [5.74, 6) is -0.270. The average Bonchev–Trinajstić information content (AvgIpc) is 1.80. The minimum atomic E-state index is -3.43. The number of rotatable bonds is 1. The molecule has 74 valence electrons. The van der Waals surface area contributed by atoms with E-state index in [2.05, 4.69) is 12.2 Å². The van der Waals surface area contributed by atoms with Gasteiger partial charge in [-0.3, -0.25) is 14.4 Å². The van der Waals surface area contributed by atoms with Gasteiger partial charge in [0.2, 0.25) is 15.9 Å². The van der Waals surface area contributed by atoms with Crippen molar-refractivity contribution in [2.24, 2.45) is 5.73 Å². The highest BCUT2D eigenvalue weighted by atomic mass is 32.2. The molecule has 0 aromatic heterocycles. The molecular weight excluding hydrogens is 214 g/mol. The fourth-order valence-electron chi connectivity index (χ4n) is 0.913. The van der Waals surface area contributed by atoms with Crippen LogP contribution in [0.5, 0.6) is 0 Å². The lowest BCUT2D eigenvalue weighted by molar-refractivity contribution is -0.138. The van der Waals surface area contributed by atoms with Gasteiger partial charge in [-0.05, 0) is 12.2 Å². The largest absolute Gasteiger partial charge is 0.310 e. The molecule has 0 aliphatic carbocycles. The van der Waals surface area contributed by atoms with Gasteiger partial charge in [-0.1, -0.05) is 0 Å². The Hall–Kier alpha value is -0.730. The second-order valence-corrected chi connectivity index (χ2v) is 4.85. The second-order valence-electron chi connectivity index (χ2n) is 2.71. The number of nitrogens with one attached hydrogen (secondary N) is 1. The number of nitrogens with zero attached hydrogens (tertiary/aromatic N) is 1. The van der Waals surface area contributed by atoms with Crippen molar-refractivity contribution >= 4 is 33.3 Å². The van der Waals surface area contributed by atoms with E-state index in [0.29, 0.717) is 0 Å². The predicted octanol–water partition coefficient (Wildman–Crippen LogP) is -1.66. The van der Waals surface area contributed by atoms with Crippen molar-refractivity contribution in [1.29, 1.82) is 0 Å². The van der Waals surface area contributed by atoms with Crippen molar-refractivity contribution in [3.05, 3.63) is 0 Å². The van der Waals surface area contributed by atoms with Crippen molar-refractivity contribution in [2.75, 3.05) is 6.26 Å². The Bertz CT molecular complexity index is 350. The number of likely N-dealkylation sites (tertiary alicyclic amines) is 1. The summed E-state index contributed by atoms with van der Waals surface area (Å²) in [6, 6.07) is 0. The van der Waals surface area contributed by atoms with Crippen LogP contribution in [0.3, 0.4) is 0 Å². The van der Waals surface area contributed by atoms with Gasteiger partial charge in [0.05, 0.1) is 18.8 Å². The molecule has 0 aromatic rings. The van der Waals surface area contributed by atoms with E-state index < -0.39 is 16.2 Å². The minimum Gasteiger partial charge on any atom is -0.310 e. The Morgan fingerprint density at radius 1 is 1.77 bits per heavy atom. The van der Waals surface area contributed by atoms with E-state index in [0.717, 1.165) is 11.2 Å². The van der Waals surface area contributed by atoms with Crippen molar-refractivity contribution in [2.45, 2.75) is 12.6 Å². The maximum Gasteiger partial charge on any atom is 0.233 e. The molecule has 0 spiro atoms. The van der Waals surface area contributed by atoms with Gasteiger partial charge < -0.3 is 5.73 Å². The molecule has 1 rings (SSSR count). The van der Waals surface area contributed by atoms with Gasteiger partial charge in [0.1, 0.15) is 0 Å². The molecule has 1 amide bonds. The molecule has 3 N–H and O–H groups in total. The molecule has 1 aliphatic heterocycles. The third-order valence-corrected chi connectivity index (χ3v) is 2.47. The zero-order chi connectivity index (χ0) is 10.2. The zero-order valence-corrected chi connectivity index (χ0v) is 8.48. The van der Waals surface area contributed by atoms with Gasteiger partial charge in [0.15, 0.2) is 5.11 Å². The van der Waals surface area contributed by atoms with Gasteiger partial charge in [0, 0.05) is 0 Å².